The van der Waals surface area contributed by atoms with Gasteiger partial charge in [-0.15, -0.1) is 12.4 Å². The Morgan fingerprint density at radius 2 is 2.18 bits per heavy atom. The first-order chi connectivity index (χ1) is 7.56. The molecule has 0 saturated heterocycles. The van der Waals surface area contributed by atoms with E-state index in [0.717, 1.165) is 4.47 Å². The van der Waals surface area contributed by atoms with Crippen molar-refractivity contribution in [3.63, 3.8) is 0 Å². The number of hydrogen-bond acceptors (Lipinski definition) is 2. The van der Waals surface area contributed by atoms with Crippen LogP contribution in [0.3, 0.4) is 0 Å². The first-order valence-corrected chi connectivity index (χ1v) is 6.12. The monoisotopic (exact) mass is 340 g/mol. The van der Waals surface area contributed by atoms with Gasteiger partial charge in [-0.3, -0.25) is 4.79 Å². The SMILES string of the molecule is CNC(C)CNC(=O)c1cccc(Br)c1Cl.Cl. The van der Waals surface area contributed by atoms with E-state index < -0.39 is 0 Å². The molecule has 0 fully saturated rings. The molecule has 1 rings (SSSR count). The Kier molecular flexibility index (Phi) is 7.79. The Balaban J connectivity index is 0.00000256. The van der Waals surface area contributed by atoms with Crippen LogP contribution in [0.4, 0.5) is 0 Å². The van der Waals surface area contributed by atoms with E-state index in [1.807, 2.05) is 14.0 Å². The van der Waals surface area contributed by atoms with E-state index in [1.165, 1.54) is 0 Å². The largest absolute Gasteiger partial charge is 0.350 e. The van der Waals surface area contributed by atoms with Crippen molar-refractivity contribution in [3.8, 4) is 0 Å². The van der Waals surface area contributed by atoms with Crippen LogP contribution in [0, 0.1) is 0 Å². The Hall–Kier alpha value is -0.290. The van der Waals surface area contributed by atoms with E-state index >= 15 is 0 Å². The van der Waals surface area contributed by atoms with Crippen LogP contribution in [-0.4, -0.2) is 25.5 Å². The van der Waals surface area contributed by atoms with Gasteiger partial charge in [-0.05, 0) is 42.0 Å². The zero-order chi connectivity index (χ0) is 12.1. The number of rotatable bonds is 4. The third kappa shape index (κ3) is 4.84. The number of benzene rings is 1. The molecule has 0 bridgehead atoms. The maximum Gasteiger partial charge on any atom is 0.252 e. The normalized spacial score (nSPS) is 11.5. The molecule has 6 heteroatoms. The molecule has 0 aliphatic heterocycles. The molecule has 2 N–H and O–H groups in total. The molecule has 1 atom stereocenters. The minimum Gasteiger partial charge on any atom is -0.350 e. The van der Waals surface area contributed by atoms with E-state index in [4.69, 9.17) is 11.6 Å². The maximum absolute atomic E-state index is 11.8. The smallest absolute Gasteiger partial charge is 0.252 e. The Morgan fingerprint density at radius 1 is 1.53 bits per heavy atom. The zero-order valence-corrected chi connectivity index (χ0v) is 12.7. The maximum atomic E-state index is 11.8. The summed E-state index contributed by atoms with van der Waals surface area (Å²) in [5.41, 5.74) is 0.486. The van der Waals surface area contributed by atoms with Crippen LogP contribution in [0.15, 0.2) is 22.7 Å². The van der Waals surface area contributed by atoms with Gasteiger partial charge in [-0.2, -0.15) is 0 Å². The molecule has 1 amide bonds. The van der Waals surface area contributed by atoms with Crippen LogP contribution in [0.2, 0.25) is 5.02 Å². The van der Waals surface area contributed by atoms with Crippen molar-refractivity contribution in [2.24, 2.45) is 0 Å². The molecule has 3 nitrogen and oxygen atoms in total. The lowest BCUT2D eigenvalue weighted by Crippen LogP contribution is -2.37. The van der Waals surface area contributed by atoms with Gasteiger partial charge >= 0.3 is 0 Å². The summed E-state index contributed by atoms with van der Waals surface area (Å²) < 4.78 is 0.725. The average molecular weight is 342 g/mol. The van der Waals surface area contributed by atoms with E-state index in [0.29, 0.717) is 17.1 Å². The van der Waals surface area contributed by atoms with E-state index in [2.05, 4.69) is 26.6 Å². The highest BCUT2D eigenvalue weighted by atomic mass is 79.9. The van der Waals surface area contributed by atoms with Crippen molar-refractivity contribution in [2.75, 3.05) is 13.6 Å². The Labute approximate surface area is 121 Å². The summed E-state index contributed by atoms with van der Waals surface area (Å²) in [6.07, 6.45) is 0. The average Bonchev–Trinajstić information content (AvgIpc) is 2.29. The van der Waals surface area contributed by atoms with Crippen LogP contribution >= 0.6 is 39.9 Å². The fraction of sp³-hybridized carbons (Fsp3) is 0.364. The Bertz CT molecular complexity index is 388. The van der Waals surface area contributed by atoms with Gasteiger partial charge in [-0.1, -0.05) is 17.7 Å². The van der Waals surface area contributed by atoms with Crippen LogP contribution in [0.5, 0.6) is 0 Å². The lowest BCUT2D eigenvalue weighted by atomic mass is 10.2. The summed E-state index contributed by atoms with van der Waals surface area (Å²) in [4.78, 5) is 11.8. The van der Waals surface area contributed by atoms with Crippen LogP contribution in [0.1, 0.15) is 17.3 Å². The first kappa shape index (κ1) is 16.7. The summed E-state index contributed by atoms with van der Waals surface area (Å²) in [5, 5.41) is 6.29. The number of carbonyl (C=O) groups excluding carboxylic acids is 1. The molecule has 96 valence electrons. The van der Waals surface area contributed by atoms with Crippen LogP contribution < -0.4 is 10.6 Å². The van der Waals surface area contributed by atoms with E-state index in [9.17, 15) is 4.79 Å². The second-order valence-corrected chi connectivity index (χ2v) is 4.73. The highest BCUT2D eigenvalue weighted by Crippen LogP contribution is 2.25. The van der Waals surface area contributed by atoms with Crippen molar-refractivity contribution in [1.29, 1.82) is 0 Å². The molecule has 0 heterocycles. The fourth-order valence-electron chi connectivity index (χ4n) is 1.12. The molecule has 1 aromatic carbocycles. The molecular weight excluding hydrogens is 327 g/mol. The van der Waals surface area contributed by atoms with E-state index in [1.54, 1.807) is 18.2 Å². The van der Waals surface area contributed by atoms with Gasteiger partial charge in [0.15, 0.2) is 0 Å². The van der Waals surface area contributed by atoms with Gasteiger partial charge in [0.05, 0.1) is 10.6 Å². The van der Waals surface area contributed by atoms with Crippen LogP contribution in [0.25, 0.3) is 0 Å². The quantitative estimate of drug-likeness (QED) is 0.884. The minimum absolute atomic E-state index is 0. The third-order valence-corrected chi connectivity index (χ3v) is 3.55. The number of amides is 1. The molecule has 1 aromatic rings. The van der Waals surface area contributed by atoms with Crippen molar-refractivity contribution >= 4 is 45.8 Å². The summed E-state index contributed by atoms with van der Waals surface area (Å²) in [6, 6.07) is 5.52. The van der Waals surface area contributed by atoms with Gasteiger partial charge in [0.2, 0.25) is 0 Å². The lowest BCUT2D eigenvalue weighted by Gasteiger charge is -2.12. The molecule has 0 aliphatic carbocycles. The predicted molar refractivity (Wildman–Crippen MR) is 77.3 cm³/mol. The molecule has 0 aliphatic rings. The van der Waals surface area contributed by atoms with E-state index in [-0.39, 0.29) is 24.4 Å². The number of likely N-dealkylation sites (N-methyl/N-ethyl adjacent to an activating group) is 1. The van der Waals surface area contributed by atoms with Crippen molar-refractivity contribution in [1.82, 2.24) is 10.6 Å². The van der Waals surface area contributed by atoms with Gasteiger partial charge in [0, 0.05) is 17.1 Å². The minimum atomic E-state index is -0.159. The van der Waals surface area contributed by atoms with Crippen molar-refractivity contribution in [3.05, 3.63) is 33.3 Å². The van der Waals surface area contributed by atoms with Gasteiger partial charge in [0.1, 0.15) is 0 Å². The van der Waals surface area contributed by atoms with Gasteiger partial charge in [0.25, 0.3) is 5.91 Å². The molecule has 0 spiro atoms. The zero-order valence-electron chi connectivity index (χ0n) is 9.59. The third-order valence-electron chi connectivity index (χ3n) is 2.26. The van der Waals surface area contributed by atoms with Crippen molar-refractivity contribution in [2.45, 2.75) is 13.0 Å². The second-order valence-electron chi connectivity index (χ2n) is 3.50. The molecule has 1 unspecified atom stereocenters. The van der Waals surface area contributed by atoms with Crippen molar-refractivity contribution < 1.29 is 4.79 Å². The number of nitrogens with one attached hydrogen (secondary N) is 2. The summed E-state index contributed by atoms with van der Waals surface area (Å²) in [7, 11) is 1.85. The number of halogens is 3. The fourth-order valence-corrected chi connectivity index (χ4v) is 1.70. The molecule has 0 saturated carbocycles. The van der Waals surface area contributed by atoms with Gasteiger partial charge in [-0.25, -0.2) is 0 Å². The molecule has 0 aromatic heterocycles. The predicted octanol–water partition coefficient (Wildman–Crippen LogP) is 2.86. The topological polar surface area (TPSA) is 41.1 Å². The molecule has 17 heavy (non-hydrogen) atoms. The van der Waals surface area contributed by atoms with Crippen LogP contribution in [-0.2, 0) is 0 Å². The van der Waals surface area contributed by atoms with Gasteiger partial charge < -0.3 is 10.6 Å². The molecular formula is C11H15BrCl2N2O. The molecule has 0 radical (unpaired) electrons. The summed E-state index contributed by atoms with van der Waals surface area (Å²) in [6.45, 7) is 2.56. The lowest BCUT2D eigenvalue weighted by molar-refractivity contribution is 0.0950. The highest BCUT2D eigenvalue weighted by molar-refractivity contribution is 9.10. The standard InChI is InChI=1S/C11H14BrClN2O.ClH/c1-7(14-2)6-15-11(16)8-4-3-5-9(12)10(8)13;/h3-5,7,14H,6H2,1-2H3,(H,15,16);1H. The second kappa shape index (κ2) is 7.93. The Morgan fingerprint density at radius 3 is 2.76 bits per heavy atom. The highest BCUT2D eigenvalue weighted by Gasteiger charge is 2.12. The number of hydrogen-bond donors (Lipinski definition) is 2. The first-order valence-electron chi connectivity index (χ1n) is 4.95. The summed E-state index contributed by atoms with van der Waals surface area (Å²) >= 11 is 9.30. The summed E-state index contributed by atoms with van der Waals surface area (Å²) in [5.74, 6) is -0.159. The number of carbonyl (C=O) groups is 1.